The van der Waals surface area contributed by atoms with Gasteiger partial charge in [0.1, 0.15) is 24.2 Å². The first-order valence-electron chi connectivity index (χ1n) is 13.4. The predicted octanol–water partition coefficient (Wildman–Crippen LogP) is 5.06. The summed E-state index contributed by atoms with van der Waals surface area (Å²) in [6.07, 6.45) is 0.733. The number of benzene rings is 3. The second-order valence-electron chi connectivity index (χ2n) is 9.85. The summed E-state index contributed by atoms with van der Waals surface area (Å²) >= 11 is 0. The minimum atomic E-state index is -0.832. The molecule has 0 radical (unpaired) electrons. The first kappa shape index (κ1) is 27.3. The third-order valence-corrected chi connectivity index (χ3v) is 7.07. The molecule has 1 amide bonds. The molecule has 2 aliphatic rings. The van der Waals surface area contributed by atoms with E-state index in [4.69, 9.17) is 18.9 Å². The molecule has 40 heavy (non-hydrogen) atoms. The van der Waals surface area contributed by atoms with E-state index >= 15 is 0 Å². The number of nitrogens with zero attached hydrogens (tertiary/aromatic N) is 1. The van der Waals surface area contributed by atoms with Crippen molar-refractivity contribution in [3.05, 3.63) is 94.6 Å². The molecule has 1 N–H and O–H groups in total. The van der Waals surface area contributed by atoms with Gasteiger partial charge < -0.3 is 29.0 Å². The molecular weight excluding hydrogens is 510 g/mol. The van der Waals surface area contributed by atoms with Gasteiger partial charge in [0.15, 0.2) is 11.5 Å². The third-order valence-electron chi connectivity index (χ3n) is 7.07. The van der Waals surface area contributed by atoms with Crippen LogP contribution in [0.2, 0.25) is 0 Å². The number of Topliss-reactive ketones (excluding diaryl/α,β-unsaturated/α-hetero) is 1. The average molecular weight is 544 g/mol. The lowest BCUT2D eigenvalue weighted by atomic mass is 9.94. The molecule has 2 atom stereocenters. The van der Waals surface area contributed by atoms with Gasteiger partial charge in [0.05, 0.1) is 24.8 Å². The highest BCUT2D eigenvalue weighted by atomic mass is 16.5. The van der Waals surface area contributed by atoms with Gasteiger partial charge in [0.25, 0.3) is 11.7 Å². The average Bonchev–Trinajstić information content (AvgIpc) is 3.46. The molecule has 0 aromatic heterocycles. The summed E-state index contributed by atoms with van der Waals surface area (Å²) in [5.41, 5.74) is 3.05. The maximum atomic E-state index is 13.4. The molecule has 2 heterocycles. The molecule has 8 heteroatoms. The van der Waals surface area contributed by atoms with Crippen LogP contribution in [0.3, 0.4) is 0 Å². The van der Waals surface area contributed by atoms with Crippen LogP contribution in [0, 0.1) is 0 Å². The topological polar surface area (TPSA) is 94.5 Å². The highest BCUT2D eigenvalue weighted by Gasteiger charge is 2.46. The molecule has 8 nitrogen and oxygen atoms in total. The second kappa shape index (κ2) is 11.8. The van der Waals surface area contributed by atoms with Crippen LogP contribution in [-0.2, 0) is 27.4 Å². The maximum absolute atomic E-state index is 13.4. The molecule has 3 aromatic carbocycles. The SMILES string of the molecule is CCOc1cc(C2/C(=C(\O)c3ccc4c(c3)CC(C)O4)C(=O)C(=O)N2CCOC)ccc1OCc1ccccc1. The van der Waals surface area contributed by atoms with Gasteiger partial charge in [-0.15, -0.1) is 0 Å². The number of amides is 1. The Labute approximate surface area is 233 Å². The van der Waals surface area contributed by atoms with E-state index in [9.17, 15) is 14.7 Å². The lowest BCUT2D eigenvalue weighted by molar-refractivity contribution is -0.140. The molecule has 5 rings (SSSR count). The zero-order valence-corrected chi connectivity index (χ0v) is 22.9. The molecular formula is C32H33NO7. The molecule has 0 saturated carbocycles. The van der Waals surface area contributed by atoms with Crippen molar-refractivity contribution in [2.45, 2.75) is 39.0 Å². The number of ketones is 1. The van der Waals surface area contributed by atoms with Gasteiger partial charge in [0.2, 0.25) is 0 Å². The van der Waals surface area contributed by atoms with Crippen molar-refractivity contribution >= 4 is 17.4 Å². The summed E-state index contributed by atoms with van der Waals surface area (Å²) in [6, 6.07) is 19.6. The van der Waals surface area contributed by atoms with E-state index in [1.54, 1.807) is 30.3 Å². The predicted molar refractivity (Wildman–Crippen MR) is 150 cm³/mol. The Morgan fingerprint density at radius 1 is 1.02 bits per heavy atom. The van der Waals surface area contributed by atoms with Crippen molar-refractivity contribution in [3.63, 3.8) is 0 Å². The van der Waals surface area contributed by atoms with Crippen LogP contribution < -0.4 is 14.2 Å². The van der Waals surface area contributed by atoms with Crippen molar-refractivity contribution in [2.24, 2.45) is 0 Å². The van der Waals surface area contributed by atoms with Crippen LogP contribution in [0.1, 0.15) is 42.1 Å². The van der Waals surface area contributed by atoms with Crippen LogP contribution in [-0.4, -0.2) is 54.7 Å². The van der Waals surface area contributed by atoms with E-state index in [-0.39, 0.29) is 30.6 Å². The Morgan fingerprint density at radius 2 is 1.82 bits per heavy atom. The maximum Gasteiger partial charge on any atom is 0.295 e. The Kier molecular flexibility index (Phi) is 8.07. The first-order chi connectivity index (χ1) is 19.4. The zero-order valence-electron chi connectivity index (χ0n) is 22.9. The van der Waals surface area contributed by atoms with Gasteiger partial charge in [-0.1, -0.05) is 36.4 Å². The number of methoxy groups -OCH3 is 1. The highest BCUT2D eigenvalue weighted by Crippen LogP contribution is 2.43. The van der Waals surface area contributed by atoms with Crippen LogP contribution in [0.5, 0.6) is 17.2 Å². The Bertz CT molecular complexity index is 1430. The van der Waals surface area contributed by atoms with Crippen molar-refractivity contribution in [1.82, 2.24) is 4.90 Å². The molecule has 1 saturated heterocycles. The quantitative estimate of drug-likeness (QED) is 0.217. The fourth-order valence-electron chi connectivity index (χ4n) is 5.19. The number of hydrogen-bond donors (Lipinski definition) is 1. The van der Waals surface area contributed by atoms with Crippen LogP contribution in [0.4, 0.5) is 0 Å². The number of likely N-dealkylation sites (tertiary alicyclic amines) is 1. The lowest BCUT2D eigenvalue weighted by Crippen LogP contribution is -2.32. The fraction of sp³-hybridized carbons (Fsp3) is 0.312. The summed E-state index contributed by atoms with van der Waals surface area (Å²) in [6.45, 7) is 5.00. The standard InChI is InChI=1S/C32H33NO7/c1-4-38-27-18-22(10-13-26(27)39-19-21-8-6-5-7-9-21)29-28(31(35)32(36)33(29)14-15-37-3)30(34)23-11-12-25-24(17-23)16-20(2)40-25/h5-13,17-18,20,29,34H,4,14-16,19H2,1-3H3/b30-28+. The number of carbonyl (C=O) groups excluding carboxylic acids is 2. The van der Waals surface area contributed by atoms with Crippen molar-refractivity contribution in [3.8, 4) is 17.2 Å². The van der Waals surface area contributed by atoms with Gasteiger partial charge in [-0.05, 0) is 60.9 Å². The fourth-order valence-corrected chi connectivity index (χ4v) is 5.19. The first-order valence-corrected chi connectivity index (χ1v) is 13.4. The summed E-state index contributed by atoms with van der Waals surface area (Å²) in [7, 11) is 1.53. The smallest absolute Gasteiger partial charge is 0.295 e. The zero-order chi connectivity index (χ0) is 28.2. The van der Waals surface area contributed by atoms with E-state index in [0.717, 1.165) is 16.9 Å². The van der Waals surface area contributed by atoms with Crippen molar-refractivity contribution < 1.29 is 33.6 Å². The Morgan fingerprint density at radius 3 is 2.58 bits per heavy atom. The Balaban J connectivity index is 1.55. The number of fused-ring (bicyclic) bond motifs is 1. The second-order valence-corrected chi connectivity index (χ2v) is 9.85. The van der Waals surface area contributed by atoms with E-state index in [1.807, 2.05) is 50.2 Å². The van der Waals surface area contributed by atoms with Gasteiger partial charge in [-0.25, -0.2) is 0 Å². The summed E-state index contributed by atoms with van der Waals surface area (Å²) in [4.78, 5) is 28.0. The van der Waals surface area contributed by atoms with Crippen molar-refractivity contribution in [1.29, 1.82) is 0 Å². The van der Waals surface area contributed by atoms with Gasteiger partial charge >= 0.3 is 0 Å². The molecule has 2 aliphatic heterocycles. The molecule has 3 aromatic rings. The van der Waals surface area contributed by atoms with Crippen molar-refractivity contribution in [2.75, 3.05) is 26.9 Å². The summed E-state index contributed by atoms with van der Waals surface area (Å²) in [5, 5.41) is 11.5. The minimum Gasteiger partial charge on any atom is -0.507 e. The number of hydrogen-bond acceptors (Lipinski definition) is 7. The molecule has 1 fully saturated rings. The lowest BCUT2D eigenvalue weighted by Gasteiger charge is -2.26. The van der Waals surface area contributed by atoms with E-state index in [0.29, 0.717) is 42.3 Å². The van der Waals surface area contributed by atoms with E-state index < -0.39 is 17.7 Å². The number of rotatable bonds is 10. The highest BCUT2D eigenvalue weighted by molar-refractivity contribution is 6.46. The molecule has 0 aliphatic carbocycles. The largest absolute Gasteiger partial charge is 0.507 e. The van der Waals surface area contributed by atoms with E-state index in [2.05, 4.69) is 0 Å². The molecule has 0 spiro atoms. The molecule has 2 unspecified atom stereocenters. The number of aliphatic hydroxyl groups excluding tert-OH is 1. The van der Waals surface area contributed by atoms with Crippen LogP contribution in [0.25, 0.3) is 5.76 Å². The van der Waals surface area contributed by atoms with Crippen LogP contribution >= 0.6 is 0 Å². The van der Waals surface area contributed by atoms with Crippen LogP contribution in [0.15, 0.2) is 72.3 Å². The third kappa shape index (κ3) is 5.40. The number of aliphatic hydroxyl groups is 1. The summed E-state index contributed by atoms with van der Waals surface area (Å²) < 4.78 is 23.0. The normalized spacial score (nSPS) is 19.4. The monoisotopic (exact) mass is 543 g/mol. The minimum absolute atomic E-state index is 0.0217. The van der Waals surface area contributed by atoms with Gasteiger partial charge in [-0.3, -0.25) is 9.59 Å². The van der Waals surface area contributed by atoms with Gasteiger partial charge in [-0.2, -0.15) is 0 Å². The van der Waals surface area contributed by atoms with Gasteiger partial charge in [0, 0.05) is 25.6 Å². The summed E-state index contributed by atoms with van der Waals surface area (Å²) in [5.74, 6) is 0.115. The number of carbonyl (C=O) groups is 2. The van der Waals surface area contributed by atoms with E-state index in [1.165, 1.54) is 12.0 Å². The molecule has 0 bridgehead atoms. The molecule has 208 valence electrons. The Hall–Kier alpha value is -4.30. The number of ether oxygens (including phenoxy) is 4.